The number of thiazole rings is 1. The lowest BCUT2D eigenvalue weighted by atomic mass is 10.1. The minimum absolute atomic E-state index is 0.0167. The Balaban J connectivity index is 1.70. The summed E-state index contributed by atoms with van der Waals surface area (Å²) in [5.41, 5.74) is 6.63. The second kappa shape index (κ2) is 8.22. The van der Waals surface area contributed by atoms with E-state index >= 15 is 0 Å². The summed E-state index contributed by atoms with van der Waals surface area (Å²) in [5, 5.41) is 26.0. The summed E-state index contributed by atoms with van der Waals surface area (Å²) < 4.78 is 42.0. The van der Waals surface area contributed by atoms with Crippen LogP contribution >= 0.6 is 11.3 Å². The van der Waals surface area contributed by atoms with Crippen molar-refractivity contribution in [3.8, 4) is 5.75 Å². The van der Waals surface area contributed by atoms with E-state index in [1.807, 2.05) is 0 Å². The number of anilines is 3. The van der Waals surface area contributed by atoms with Crippen LogP contribution in [0.4, 0.5) is 29.7 Å². The normalized spacial score (nSPS) is 18.3. The molecule has 1 aliphatic heterocycles. The summed E-state index contributed by atoms with van der Waals surface area (Å²) in [6.07, 6.45) is -6.70. The summed E-state index contributed by atoms with van der Waals surface area (Å²) >= 11 is 1.02. The summed E-state index contributed by atoms with van der Waals surface area (Å²) in [4.78, 5) is 29.0. The molecule has 14 heteroatoms. The maximum atomic E-state index is 12.5. The van der Waals surface area contributed by atoms with E-state index in [0.29, 0.717) is 21.6 Å². The zero-order valence-electron chi connectivity index (χ0n) is 17.4. The maximum Gasteiger partial charge on any atom is 0.573 e. The van der Waals surface area contributed by atoms with Crippen molar-refractivity contribution in [2.24, 2.45) is 5.73 Å². The van der Waals surface area contributed by atoms with Crippen LogP contribution < -0.4 is 26.0 Å². The van der Waals surface area contributed by atoms with E-state index in [4.69, 9.17) is 5.73 Å². The fraction of sp³-hybridized carbons (Fsp3) is 0.250. The van der Waals surface area contributed by atoms with Gasteiger partial charge in [0.15, 0.2) is 10.9 Å². The lowest BCUT2D eigenvalue weighted by Crippen LogP contribution is -2.58. The molecule has 1 aromatic heterocycles. The number of carboxylic acid groups (broad SMARTS) is 1. The van der Waals surface area contributed by atoms with Crippen molar-refractivity contribution in [1.82, 2.24) is 4.98 Å². The highest BCUT2D eigenvalue weighted by Gasteiger charge is 2.45. The summed E-state index contributed by atoms with van der Waals surface area (Å²) in [5.74, 6) is -3.89. The Morgan fingerprint density at radius 1 is 1.32 bits per heavy atom. The number of aromatic nitrogens is 1. The van der Waals surface area contributed by atoms with Crippen molar-refractivity contribution < 1.29 is 37.7 Å². The number of nitrogens with one attached hydrogen (secondary N) is 2. The first-order chi connectivity index (χ1) is 15.9. The second-order valence-electron chi connectivity index (χ2n) is 7.53. The molecular weight excluding hydrogens is 479 g/mol. The molecule has 3 aromatic rings. The number of aromatic carboxylic acids is 1. The molecule has 1 amide bonds. The average molecular weight is 497 g/mol. The molecule has 0 saturated carbocycles. The predicted molar refractivity (Wildman–Crippen MR) is 118 cm³/mol. The van der Waals surface area contributed by atoms with Gasteiger partial charge in [0.25, 0.3) is 0 Å². The number of halogens is 3. The third kappa shape index (κ3) is 4.49. The van der Waals surface area contributed by atoms with Crippen LogP contribution in [0.2, 0.25) is 0 Å². The second-order valence-corrected chi connectivity index (χ2v) is 8.56. The molecule has 0 aliphatic carbocycles. The topological polar surface area (TPSA) is 150 Å². The Morgan fingerprint density at radius 2 is 2.06 bits per heavy atom. The molecule has 34 heavy (non-hydrogen) atoms. The minimum Gasteiger partial charge on any atom is -0.478 e. The number of hydrogen-bond acceptors (Lipinski definition) is 9. The molecule has 0 bridgehead atoms. The summed E-state index contributed by atoms with van der Waals surface area (Å²) in [7, 11) is 1.64. The Bertz CT molecular complexity index is 1280. The monoisotopic (exact) mass is 497 g/mol. The van der Waals surface area contributed by atoms with E-state index in [0.717, 1.165) is 17.4 Å². The Kier molecular flexibility index (Phi) is 5.65. The molecule has 0 fully saturated rings. The van der Waals surface area contributed by atoms with Gasteiger partial charge in [-0.25, -0.2) is 9.78 Å². The summed E-state index contributed by atoms with van der Waals surface area (Å²) in [6, 6.07) is 8.05. The van der Waals surface area contributed by atoms with Crippen molar-refractivity contribution in [3.05, 3.63) is 42.0 Å². The zero-order valence-corrected chi connectivity index (χ0v) is 18.2. The fourth-order valence-electron chi connectivity index (χ4n) is 3.64. The number of alkyl halides is 3. The molecule has 10 nitrogen and oxygen atoms in total. The number of fused-ring (bicyclic) bond motifs is 2. The highest BCUT2D eigenvalue weighted by molar-refractivity contribution is 7.22. The molecule has 2 atom stereocenters. The SMILES string of the molecule is CN1c2ccc(C(=O)O)cc2NC1(C[C@H](O)C(N)=O)Nc1nc2ccc(OC(F)(F)F)cc2s1. The fourth-order valence-corrected chi connectivity index (χ4v) is 4.61. The molecule has 4 rings (SSSR count). The number of hydrogen-bond donors (Lipinski definition) is 5. The zero-order chi connectivity index (χ0) is 24.8. The van der Waals surface area contributed by atoms with Gasteiger partial charge in [0, 0.05) is 19.5 Å². The van der Waals surface area contributed by atoms with E-state index in [1.54, 1.807) is 18.0 Å². The van der Waals surface area contributed by atoms with Gasteiger partial charge < -0.3 is 36.2 Å². The third-order valence-electron chi connectivity index (χ3n) is 5.24. The molecule has 1 unspecified atom stereocenters. The lowest BCUT2D eigenvalue weighted by Gasteiger charge is -2.39. The number of carbonyl (C=O) groups is 2. The van der Waals surface area contributed by atoms with Gasteiger partial charge >= 0.3 is 12.3 Å². The number of nitrogens with zero attached hydrogens (tertiary/aromatic N) is 2. The molecule has 180 valence electrons. The van der Waals surface area contributed by atoms with E-state index < -0.39 is 35.9 Å². The Morgan fingerprint density at radius 3 is 2.71 bits per heavy atom. The van der Waals surface area contributed by atoms with Crippen LogP contribution in [0.5, 0.6) is 5.75 Å². The molecule has 0 spiro atoms. The molecule has 0 saturated heterocycles. The van der Waals surface area contributed by atoms with Crippen LogP contribution in [0.3, 0.4) is 0 Å². The number of amides is 1. The molecule has 2 heterocycles. The van der Waals surface area contributed by atoms with Gasteiger partial charge in [-0.1, -0.05) is 11.3 Å². The van der Waals surface area contributed by atoms with Crippen molar-refractivity contribution in [3.63, 3.8) is 0 Å². The Hall–Kier alpha value is -3.78. The maximum absolute atomic E-state index is 12.5. The lowest BCUT2D eigenvalue weighted by molar-refractivity contribution is -0.274. The molecule has 1 aliphatic rings. The smallest absolute Gasteiger partial charge is 0.478 e. The first-order valence-corrected chi connectivity index (χ1v) is 10.5. The van der Waals surface area contributed by atoms with Crippen molar-refractivity contribution in [2.45, 2.75) is 24.7 Å². The third-order valence-corrected chi connectivity index (χ3v) is 6.18. The quantitative estimate of drug-likeness (QED) is 0.332. The number of carbonyl (C=O) groups excluding carboxylic acids is 1. The number of primary amides is 1. The van der Waals surface area contributed by atoms with Gasteiger partial charge in [0.05, 0.1) is 27.2 Å². The number of ether oxygens (including phenoxy) is 1. The highest BCUT2D eigenvalue weighted by atomic mass is 32.1. The average Bonchev–Trinajstić information content (AvgIpc) is 3.24. The van der Waals surface area contributed by atoms with Crippen LogP contribution in [0, 0.1) is 0 Å². The number of aliphatic hydroxyl groups excluding tert-OH is 1. The molecule has 2 aromatic carbocycles. The standard InChI is InChI=1S/C20H18F3N5O5S/c1-28-13-5-2-9(17(31)32)6-12(13)26-19(28,8-14(29)16(24)30)27-18-25-11-4-3-10(7-15(11)34-18)33-20(21,22)23/h2-7,14,26,29H,8H2,1H3,(H2,24,30)(H,25,27)(H,31,32)/t14-,19?/m0/s1. The van der Waals surface area contributed by atoms with Crippen molar-refractivity contribution in [2.75, 3.05) is 22.6 Å². The number of carboxylic acids is 1. The summed E-state index contributed by atoms with van der Waals surface area (Å²) in [6.45, 7) is 0. The number of benzene rings is 2. The van der Waals surface area contributed by atoms with Gasteiger partial charge in [-0.05, 0) is 30.3 Å². The first kappa shape index (κ1) is 23.4. The van der Waals surface area contributed by atoms with Gasteiger partial charge in [0.1, 0.15) is 11.9 Å². The van der Waals surface area contributed by atoms with Gasteiger partial charge in [-0.2, -0.15) is 0 Å². The predicted octanol–water partition coefficient (Wildman–Crippen LogP) is 2.76. The van der Waals surface area contributed by atoms with Crippen molar-refractivity contribution >= 4 is 49.9 Å². The van der Waals surface area contributed by atoms with Crippen LogP contribution in [0.1, 0.15) is 16.8 Å². The van der Waals surface area contributed by atoms with Crippen LogP contribution in [-0.4, -0.2) is 52.4 Å². The molecule has 6 N–H and O–H groups in total. The van der Waals surface area contributed by atoms with Crippen LogP contribution in [0.15, 0.2) is 36.4 Å². The number of aliphatic hydroxyl groups is 1. The number of nitrogens with two attached hydrogens (primary N) is 1. The minimum atomic E-state index is -4.84. The van der Waals surface area contributed by atoms with Gasteiger partial charge in [0.2, 0.25) is 5.91 Å². The van der Waals surface area contributed by atoms with Crippen molar-refractivity contribution in [1.29, 1.82) is 0 Å². The highest BCUT2D eigenvalue weighted by Crippen LogP contribution is 2.43. The molecular formula is C20H18F3N5O5S. The van der Waals surface area contributed by atoms with Gasteiger partial charge in [-0.15, -0.1) is 13.2 Å². The Labute approximate surface area is 193 Å². The molecule has 0 radical (unpaired) electrons. The van der Waals surface area contributed by atoms with Gasteiger partial charge in [-0.3, -0.25) is 4.79 Å². The van der Waals surface area contributed by atoms with E-state index in [1.165, 1.54) is 24.3 Å². The van der Waals surface area contributed by atoms with E-state index in [-0.39, 0.29) is 17.1 Å². The van der Waals surface area contributed by atoms with E-state index in [2.05, 4.69) is 20.4 Å². The largest absolute Gasteiger partial charge is 0.573 e. The first-order valence-electron chi connectivity index (χ1n) is 9.68. The number of rotatable bonds is 7. The van der Waals surface area contributed by atoms with Crippen LogP contribution in [0.25, 0.3) is 10.2 Å². The van der Waals surface area contributed by atoms with E-state index in [9.17, 15) is 33.0 Å². The van der Waals surface area contributed by atoms with Crippen LogP contribution in [-0.2, 0) is 4.79 Å².